The van der Waals surface area contributed by atoms with Gasteiger partial charge in [0.1, 0.15) is 6.33 Å². The molecule has 0 saturated heterocycles. The van der Waals surface area contributed by atoms with Crippen LogP contribution in [0.3, 0.4) is 0 Å². The van der Waals surface area contributed by atoms with Crippen LogP contribution in [0.1, 0.15) is 18.5 Å². The number of nitro groups is 1. The largest absolute Gasteiger partial charge is 0.358 e. The number of pyridine rings is 1. The second-order valence-corrected chi connectivity index (χ2v) is 4.12. The third-order valence-electron chi connectivity index (χ3n) is 2.52. The summed E-state index contributed by atoms with van der Waals surface area (Å²) < 4.78 is 0. The molecule has 2 heterocycles. The minimum Gasteiger partial charge on any atom is -0.358 e. The number of rotatable bonds is 4. The van der Waals surface area contributed by atoms with E-state index in [0.29, 0.717) is 0 Å². The number of hydrogen-bond acceptors (Lipinski definition) is 6. The molecule has 2 aromatic rings. The average Bonchev–Trinajstić information content (AvgIpc) is 2.39. The van der Waals surface area contributed by atoms with Gasteiger partial charge in [0.2, 0.25) is 11.0 Å². The number of halogens is 1. The second kappa shape index (κ2) is 5.57. The topological polar surface area (TPSA) is 93.8 Å². The van der Waals surface area contributed by atoms with Crippen molar-refractivity contribution in [2.75, 3.05) is 5.32 Å². The van der Waals surface area contributed by atoms with Crippen LogP contribution in [0, 0.1) is 10.1 Å². The van der Waals surface area contributed by atoms with Crippen LogP contribution in [0.25, 0.3) is 0 Å². The van der Waals surface area contributed by atoms with Gasteiger partial charge in [0.15, 0.2) is 0 Å². The molecule has 0 radical (unpaired) electrons. The van der Waals surface area contributed by atoms with E-state index in [9.17, 15) is 10.1 Å². The van der Waals surface area contributed by atoms with Crippen molar-refractivity contribution < 1.29 is 4.92 Å². The molecule has 1 N–H and O–H groups in total. The van der Waals surface area contributed by atoms with E-state index in [-0.39, 0.29) is 22.7 Å². The number of hydrogen-bond donors (Lipinski definition) is 1. The van der Waals surface area contributed by atoms with E-state index in [4.69, 9.17) is 11.6 Å². The van der Waals surface area contributed by atoms with Crippen molar-refractivity contribution in [2.45, 2.75) is 13.0 Å². The Morgan fingerprint density at radius 1 is 1.37 bits per heavy atom. The molecule has 8 heteroatoms. The van der Waals surface area contributed by atoms with Crippen LogP contribution in [0.2, 0.25) is 5.15 Å². The summed E-state index contributed by atoms with van der Waals surface area (Å²) >= 11 is 5.71. The van der Waals surface area contributed by atoms with E-state index >= 15 is 0 Å². The number of anilines is 1. The lowest BCUT2D eigenvalue weighted by Crippen LogP contribution is -2.10. The van der Waals surface area contributed by atoms with Gasteiger partial charge in [0, 0.05) is 12.4 Å². The average molecular weight is 280 g/mol. The van der Waals surface area contributed by atoms with Crippen LogP contribution in [0.15, 0.2) is 30.9 Å². The molecule has 2 aromatic heterocycles. The molecule has 2 rings (SSSR count). The minimum absolute atomic E-state index is 0.0920. The summed E-state index contributed by atoms with van der Waals surface area (Å²) in [5.74, 6) is 0.0920. The molecule has 1 unspecified atom stereocenters. The van der Waals surface area contributed by atoms with Gasteiger partial charge in [-0.15, -0.1) is 0 Å². The lowest BCUT2D eigenvalue weighted by atomic mass is 10.1. The molecule has 0 spiro atoms. The minimum atomic E-state index is -0.607. The van der Waals surface area contributed by atoms with Crippen molar-refractivity contribution in [3.63, 3.8) is 0 Å². The van der Waals surface area contributed by atoms with Gasteiger partial charge in [0.05, 0.1) is 11.0 Å². The van der Waals surface area contributed by atoms with Gasteiger partial charge < -0.3 is 5.32 Å². The van der Waals surface area contributed by atoms with E-state index < -0.39 is 4.92 Å². The Bertz CT molecular complexity index is 593. The summed E-state index contributed by atoms with van der Waals surface area (Å²) in [6.45, 7) is 1.86. The van der Waals surface area contributed by atoms with Crippen molar-refractivity contribution in [3.8, 4) is 0 Å². The van der Waals surface area contributed by atoms with E-state index in [0.717, 1.165) is 5.56 Å². The molecule has 0 saturated carbocycles. The lowest BCUT2D eigenvalue weighted by Gasteiger charge is -2.14. The summed E-state index contributed by atoms with van der Waals surface area (Å²) in [6.07, 6.45) is 4.47. The van der Waals surface area contributed by atoms with Gasteiger partial charge in [-0.25, -0.2) is 9.97 Å². The quantitative estimate of drug-likeness (QED) is 0.525. The number of nitrogens with one attached hydrogen (secondary N) is 1. The van der Waals surface area contributed by atoms with E-state index in [1.165, 1.54) is 6.33 Å². The van der Waals surface area contributed by atoms with Crippen molar-refractivity contribution >= 4 is 23.1 Å². The first-order valence-electron chi connectivity index (χ1n) is 5.41. The van der Waals surface area contributed by atoms with Crippen molar-refractivity contribution in [1.82, 2.24) is 15.0 Å². The van der Waals surface area contributed by atoms with Crippen molar-refractivity contribution in [1.29, 1.82) is 0 Å². The smallest absolute Gasteiger partial charge is 0.348 e. The summed E-state index contributed by atoms with van der Waals surface area (Å²) in [5, 5.41) is 13.7. The number of aromatic nitrogens is 3. The Balaban J connectivity index is 2.29. The van der Waals surface area contributed by atoms with Crippen LogP contribution in [-0.4, -0.2) is 19.9 Å². The van der Waals surface area contributed by atoms with E-state index in [1.54, 1.807) is 12.4 Å². The highest BCUT2D eigenvalue weighted by Gasteiger charge is 2.22. The Morgan fingerprint density at radius 2 is 2.05 bits per heavy atom. The molecule has 0 aliphatic carbocycles. The van der Waals surface area contributed by atoms with Crippen LogP contribution in [0.4, 0.5) is 11.5 Å². The second-order valence-electron chi connectivity index (χ2n) is 3.77. The van der Waals surface area contributed by atoms with Crippen LogP contribution < -0.4 is 5.32 Å². The molecule has 0 aliphatic heterocycles. The molecule has 0 bridgehead atoms. The Morgan fingerprint density at radius 3 is 2.68 bits per heavy atom. The summed E-state index contributed by atoms with van der Waals surface area (Å²) in [7, 11) is 0. The molecule has 0 aliphatic rings. The maximum absolute atomic E-state index is 11.0. The molecular weight excluding hydrogens is 270 g/mol. The first-order valence-corrected chi connectivity index (χ1v) is 5.78. The fourth-order valence-electron chi connectivity index (χ4n) is 1.57. The molecule has 19 heavy (non-hydrogen) atoms. The first-order chi connectivity index (χ1) is 9.09. The molecule has 0 fully saturated rings. The van der Waals surface area contributed by atoms with Gasteiger partial charge in [-0.2, -0.15) is 0 Å². The summed E-state index contributed by atoms with van der Waals surface area (Å²) in [5.41, 5.74) is 0.601. The zero-order chi connectivity index (χ0) is 13.8. The lowest BCUT2D eigenvalue weighted by molar-refractivity contribution is -0.384. The monoisotopic (exact) mass is 279 g/mol. The van der Waals surface area contributed by atoms with E-state index in [2.05, 4.69) is 20.3 Å². The van der Waals surface area contributed by atoms with E-state index in [1.807, 2.05) is 19.1 Å². The third kappa shape index (κ3) is 2.94. The number of nitrogens with zero attached hydrogens (tertiary/aromatic N) is 4. The van der Waals surface area contributed by atoms with Gasteiger partial charge in [-0.05, 0) is 24.6 Å². The normalized spacial score (nSPS) is 11.9. The Hall–Kier alpha value is -2.28. The highest BCUT2D eigenvalue weighted by Crippen LogP contribution is 2.30. The van der Waals surface area contributed by atoms with Gasteiger partial charge in [-0.1, -0.05) is 11.6 Å². The highest BCUT2D eigenvalue weighted by molar-refractivity contribution is 6.31. The zero-order valence-electron chi connectivity index (χ0n) is 9.95. The predicted molar refractivity (Wildman–Crippen MR) is 70.0 cm³/mol. The third-order valence-corrected chi connectivity index (χ3v) is 2.80. The summed E-state index contributed by atoms with van der Waals surface area (Å²) in [4.78, 5) is 21.7. The van der Waals surface area contributed by atoms with Crippen molar-refractivity contribution in [3.05, 3.63) is 51.7 Å². The molecule has 7 nitrogen and oxygen atoms in total. The SMILES string of the molecule is CC(Nc1ncnc(Cl)c1[N+](=O)[O-])c1ccncc1. The Kier molecular flexibility index (Phi) is 3.86. The summed E-state index contributed by atoms with van der Waals surface area (Å²) in [6, 6.07) is 3.45. The maximum Gasteiger partial charge on any atom is 0.348 e. The van der Waals surface area contributed by atoms with Gasteiger partial charge >= 0.3 is 5.69 Å². The first kappa shape index (κ1) is 13.2. The molecule has 0 aromatic carbocycles. The Labute approximate surface area is 113 Å². The highest BCUT2D eigenvalue weighted by atomic mass is 35.5. The standard InChI is InChI=1S/C11H10ClN5O2/c1-7(8-2-4-13-5-3-8)16-11-9(17(18)19)10(12)14-6-15-11/h2-7H,1H3,(H,14,15,16). The van der Waals surface area contributed by atoms with Crippen LogP contribution in [-0.2, 0) is 0 Å². The molecule has 1 atom stereocenters. The van der Waals surface area contributed by atoms with Gasteiger partial charge in [0.25, 0.3) is 0 Å². The fraction of sp³-hybridized carbons (Fsp3) is 0.182. The zero-order valence-corrected chi connectivity index (χ0v) is 10.7. The molecule has 0 amide bonds. The van der Waals surface area contributed by atoms with Crippen LogP contribution >= 0.6 is 11.6 Å². The van der Waals surface area contributed by atoms with Crippen molar-refractivity contribution in [2.24, 2.45) is 0 Å². The molecule has 98 valence electrons. The molecular formula is C11H10ClN5O2. The van der Waals surface area contributed by atoms with Gasteiger partial charge in [-0.3, -0.25) is 15.1 Å². The van der Waals surface area contributed by atoms with Crippen LogP contribution in [0.5, 0.6) is 0 Å². The fourth-order valence-corrected chi connectivity index (χ4v) is 1.77. The maximum atomic E-state index is 11.0. The predicted octanol–water partition coefficient (Wildman–Crippen LogP) is 2.61.